The molecule has 0 bridgehead atoms. The Morgan fingerprint density at radius 2 is 1.80 bits per heavy atom. The average molecular weight is 265 g/mol. The minimum atomic E-state index is -0.265. The number of fused-ring (bicyclic) bond motifs is 1. The molecule has 3 rings (SSSR count). The van der Waals surface area contributed by atoms with Gasteiger partial charge in [0.05, 0.1) is 19.3 Å². The van der Waals surface area contributed by atoms with Crippen molar-refractivity contribution >= 4 is 10.8 Å². The van der Waals surface area contributed by atoms with Crippen molar-refractivity contribution in [3.63, 3.8) is 0 Å². The van der Waals surface area contributed by atoms with E-state index in [4.69, 9.17) is 10.5 Å². The SMILES string of the molecule is COc1cnccc1C(N)c1cccc2cnccc12. The summed E-state index contributed by atoms with van der Waals surface area (Å²) in [5.41, 5.74) is 8.40. The highest BCUT2D eigenvalue weighted by Crippen LogP contribution is 2.31. The van der Waals surface area contributed by atoms with E-state index >= 15 is 0 Å². The van der Waals surface area contributed by atoms with Gasteiger partial charge in [-0.1, -0.05) is 18.2 Å². The fourth-order valence-electron chi connectivity index (χ4n) is 2.40. The second-order valence-electron chi connectivity index (χ2n) is 4.54. The van der Waals surface area contributed by atoms with Gasteiger partial charge >= 0.3 is 0 Å². The lowest BCUT2D eigenvalue weighted by molar-refractivity contribution is 0.406. The Labute approximate surface area is 117 Å². The van der Waals surface area contributed by atoms with E-state index in [9.17, 15) is 0 Å². The molecule has 0 aliphatic rings. The number of benzene rings is 1. The lowest BCUT2D eigenvalue weighted by Crippen LogP contribution is -2.13. The first-order valence-corrected chi connectivity index (χ1v) is 6.37. The second-order valence-corrected chi connectivity index (χ2v) is 4.54. The van der Waals surface area contributed by atoms with Crippen LogP contribution in [0.5, 0.6) is 5.75 Å². The topological polar surface area (TPSA) is 61.0 Å². The molecule has 0 radical (unpaired) electrons. The van der Waals surface area contributed by atoms with Gasteiger partial charge in [0.25, 0.3) is 0 Å². The maximum atomic E-state index is 6.43. The van der Waals surface area contributed by atoms with E-state index < -0.39 is 0 Å². The Morgan fingerprint density at radius 3 is 2.65 bits per heavy atom. The smallest absolute Gasteiger partial charge is 0.142 e. The predicted molar refractivity (Wildman–Crippen MR) is 78.6 cm³/mol. The number of hydrogen-bond donors (Lipinski definition) is 1. The number of aromatic nitrogens is 2. The zero-order valence-corrected chi connectivity index (χ0v) is 11.2. The molecule has 1 aromatic carbocycles. The van der Waals surface area contributed by atoms with Crippen molar-refractivity contribution in [1.29, 1.82) is 0 Å². The third-order valence-electron chi connectivity index (χ3n) is 3.42. The molecule has 0 saturated heterocycles. The number of pyridine rings is 2. The summed E-state index contributed by atoms with van der Waals surface area (Å²) in [6.45, 7) is 0. The number of methoxy groups -OCH3 is 1. The van der Waals surface area contributed by atoms with Crippen molar-refractivity contribution in [1.82, 2.24) is 9.97 Å². The van der Waals surface area contributed by atoms with Crippen molar-refractivity contribution in [2.24, 2.45) is 5.73 Å². The standard InChI is InChI=1S/C16H15N3O/c1-20-15-10-19-8-6-14(15)16(17)13-4-2-3-11-9-18-7-5-12(11)13/h2-10,16H,17H2,1H3. The summed E-state index contributed by atoms with van der Waals surface area (Å²) in [4.78, 5) is 8.21. The highest BCUT2D eigenvalue weighted by Gasteiger charge is 2.16. The van der Waals surface area contributed by atoms with Crippen molar-refractivity contribution in [3.8, 4) is 5.75 Å². The third kappa shape index (κ3) is 2.10. The van der Waals surface area contributed by atoms with E-state index in [1.165, 1.54) is 0 Å². The molecule has 4 nitrogen and oxygen atoms in total. The van der Waals surface area contributed by atoms with Gasteiger partial charge in [0.15, 0.2) is 0 Å². The fraction of sp³-hybridized carbons (Fsp3) is 0.125. The molecule has 0 amide bonds. The van der Waals surface area contributed by atoms with E-state index in [2.05, 4.69) is 9.97 Å². The zero-order valence-electron chi connectivity index (χ0n) is 11.2. The van der Waals surface area contributed by atoms with Crippen LogP contribution in [0, 0.1) is 0 Å². The monoisotopic (exact) mass is 265 g/mol. The van der Waals surface area contributed by atoms with Gasteiger partial charge in [-0.25, -0.2) is 0 Å². The normalized spacial score (nSPS) is 12.3. The van der Waals surface area contributed by atoms with Crippen LogP contribution < -0.4 is 10.5 Å². The maximum absolute atomic E-state index is 6.43. The summed E-state index contributed by atoms with van der Waals surface area (Å²) in [6.07, 6.45) is 7.03. The number of hydrogen-bond acceptors (Lipinski definition) is 4. The summed E-state index contributed by atoms with van der Waals surface area (Å²) in [6, 6.07) is 9.67. The molecular formula is C16H15N3O. The van der Waals surface area contributed by atoms with Crippen molar-refractivity contribution in [3.05, 3.63) is 66.2 Å². The first-order chi connectivity index (χ1) is 9.81. The summed E-state index contributed by atoms with van der Waals surface area (Å²) in [5.74, 6) is 0.700. The van der Waals surface area contributed by atoms with Gasteiger partial charge in [-0.05, 0) is 23.1 Å². The van der Waals surface area contributed by atoms with Crippen LogP contribution >= 0.6 is 0 Å². The van der Waals surface area contributed by atoms with E-state index in [1.807, 2.05) is 36.5 Å². The molecule has 0 aliphatic carbocycles. The first kappa shape index (κ1) is 12.6. The van der Waals surface area contributed by atoms with Gasteiger partial charge < -0.3 is 10.5 Å². The predicted octanol–water partition coefficient (Wildman–Crippen LogP) is 2.69. The van der Waals surface area contributed by atoms with Crippen LogP contribution in [-0.2, 0) is 0 Å². The van der Waals surface area contributed by atoms with Crippen LogP contribution in [0.15, 0.2) is 55.1 Å². The Bertz CT molecular complexity index is 737. The van der Waals surface area contributed by atoms with Gasteiger partial charge in [-0.15, -0.1) is 0 Å². The quantitative estimate of drug-likeness (QED) is 0.791. The van der Waals surface area contributed by atoms with Crippen LogP contribution in [0.3, 0.4) is 0 Å². The molecule has 100 valence electrons. The minimum Gasteiger partial charge on any atom is -0.495 e. The van der Waals surface area contributed by atoms with Gasteiger partial charge in [0.1, 0.15) is 5.75 Å². The third-order valence-corrected chi connectivity index (χ3v) is 3.42. The highest BCUT2D eigenvalue weighted by atomic mass is 16.5. The number of rotatable bonds is 3. The molecule has 2 aromatic heterocycles. The molecule has 4 heteroatoms. The summed E-state index contributed by atoms with van der Waals surface area (Å²) in [7, 11) is 1.63. The molecule has 0 saturated carbocycles. The van der Waals surface area contributed by atoms with E-state index in [0.717, 1.165) is 21.9 Å². The molecule has 0 fully saturated rings. The average Bonchev–Trinajstić information content (AvgIpc) is 2.53. The Morgan fingerprint density at radius 1 is 1.00 bits per heavy atom. The summed E-state index contributed by atoms with van der Waals surface area (Å²) in [5, 5.41) is 2.18. The highest BCUT2D eigenvalue weighted by molar-refractivity contribution is 5.85. The molecule has 0 spiro atoms. The molecule has 1 unspecified atom stereocenters. The van der Waals surface area contributed by atoms with Crippen LogP contribution in [0.4, 0.5) is 0 Å². The van der Waals surface area contributed by atoms with Gasteiger partial charge in [0, 0.05) is 29.5 Å². The van der Waals surface area contributed by atoms with E-state index in [0.29, 0.717) is 5.75 Å². The molecule has 1 atom stereocenters. The van der Waals surface area contributed by atoms with Crippen molar-refractivity contribution < 1.29 is 4.74 Å². The molecule has 2 N–H and O–H groups in total. The van der Waals surface area contributed by atoms with Crippen LogP contribution in [0.1, 0.15) is 17.2 Å². The largest absolute Gasteiger partial charge is 0.495 e. The molecule has 2 heterocycles. The summed E-state index contributed by atoms with van der Waals surface area (Å²) >= 11 is 0. The Hall–Kier alpha value is -2.46. The number of ether oxygens (including phenoxy) is 1. The fourth-order valence-corrected chi connectivity index (χ4v) is 2.40. The number of nitrogens with zero attached hydrogens (tertiary/aromatic N) is 2. The Balaban J connectivity index is 2.15. The molecule has 20 heavy (non-hydrogen) atoms. The Kier molecular flexibility index (Phi) is 3.31. The van der Waals surface area contributed by atoms with Crippen molar-refractivity contribution in [2.75, 3.05) is 7.11 Å². The first-order valence-electron chi connectivity index (χ1n) is 6.37. The molecule has 3 aromatic rings. The van der Waals surface area contributed by atoms with Crippen molar-refractivity contribution in [2.45, 2.75) is 6.04 Å². The second kappa shape index (κ2) is 5.27. The zero-order chi connectivity index (χ0) is 13.9. The van der Waals surface area contributed by atoms with E-state index in [-0.39, 0.29) is 6.04 Å². The molecule has 0 aliphatic heterocycles. The van der Waals surface area contributed by atoms with Crippen LogP contribution in [-0.4, -0.2) is 17.1 Å². The maximum Gasteiger partial charge on any atom is 0.142 e. The van der Waals surface area contributed by atoms with Crippen LogP contribution in [0.25, 0.3) is 10.8 Å². The number of nitrogens with two attached hydrogens (primary N) is 1. The molecular weight excluding hydrogens is 250 g/mol. The summed E-state index contributed by atoms with van der Waals surface area (Å²) < 4.78 is 5.35. The van der Waals surface area contributed by atoms with Gasteiger partial charge in [-0.3, -0.25) is 9.97 Å². The van der Waals surface area contributed by atoms with E-state index in [1.54, 1.807) is 25.7 Å². The lowest BCUT2D eigenvalue weighted by atomic mass is 9.95. The van der Waals surface area contributed by atoms with Crippen LogP contribution in [0.2, 0.25) is 0 Å². The van der Waals surface area contributed by atoms with Gasteiger partial charge in [-0.2, -0.15) is 0 Å². The van der Waals surface area contributed by atoms with Gasteiger partial charge in [0.2, 0.25) is 0 Å². The minimum absolute atomic E-state index is 0.265. The lowest BCUT2D eigenvalue weighted by Gasteiger charge is -2.17.